The van der Waals surface area contributed by atoms with Gasteiger partial charge in [-0.05, 0) is 60.4 Å². The van der Waals surface area contributed by atoms with Gasteiger partial charge in [0.1, 0.15) is 5.75 Å². The number of rotatable bonds is 7. The van der Waals surface area contributed by atoms with Gasteiger partial charge >= 0.3 is 0 Å². The van der Waals surface area contributed by atoms with E-state index in [-0.39, 0.29) is 5.56 Å². The lowest BCUT2D eigenvalue weighted by Gasteiger charge is -2.34. The molecule has 2 aliphatic rings. The first kappa shape index (κ1) is 22.1. The predicted octanol–water partition coefficient (Wildman–Crippen LogP) is 4.36. The van der Waals surface area contributed by atoms with Crippen LogP contribution in [0.25, 0.3) is 10.9 Å². The molecule has 0 unspecified atom stereocenters. The highest BCUT2D eigenvalue weighted by Crippen LogP contribution is 2.30. The van der Waals surface area contributed by atoms with Crippen LogP contribution in [-0.4, -0.2) is 43.2 Å². The fraction of sp³-hybridized carbons (Fsp3) is 0.600. The summed E-state index contributed by atoms with van der Waals surface area (Å²) in [4.78, 5) is 18.5. The predicted molar refractivity (Wildman–Crippen MR) is 127 cm³/mol. The van der Waals surface area contributed by atoms with Gasteiger partial charge in [-0.2, -0.15) is 0 Å². The smallest absolute Gasteiger partial charge is 0.252 e. The number of H-pyrrole nitrogens is 1. The largest absolute Gasteiger partial charge is 0.497 e. The molecule has 33 heavy (non-hydrogen) atoms. The number of methoxy groups -OCH3 is 1. The van der Waals surface area contributed by atoms with Gasteiger partial charge in [-0.3, -0.25) is 9.69 Å². The lowest BCUT2D eigenvalue weighted by molar-refractivity contribution is 0.131. The summed E-state index contributed by atoms with van der Waals surface area (Å²) in [5.41, 5.74) is 1.58. The molecular weight excluding hydrogens is 416 g/mol. The molecule has 2 saturated carbocycles. The highest BCUT2D eigenvalue weighted by molar-refractivity contribution is 5.80. The van der Waals surface area contributed by atoms with Crippen LogP contribution >= 0.6 is 0 Å². The minimum Gasteiger partial charge on any atom is -0.497 e. The molecule has 2 heterocycles. The summed E-state index contributed by atoms with van der Waals surface area (Å²) in [5, 5.41) is 13.8. The summed E-state index contributed by atoms with van der Waals surface area (Å²) in [5.74, 6) is 1.71. The number of nitrogens with zero attached hydrogens (tertiary/aromatic N) is 5. The fourth-order valence-electron chi connectivity index (χ4n) is 5.56. The number of tetrazole rings is 1. The Morgan fingerprint density at radius 1 is 1.03 bits per heavy atom. The zero-order chi connectivity index (χ0) is 22.6. The first-order valence-electron chi connectivity index (χ1n) is 12.4. The van der Waals surface area contributed by atoms with Gasteiger partial charge in [0.25, 0.3) is 5.56 Å². The van der Waals surface area contributed by atoms with Crippen molar-refractivity contribution in [3.63, 3.8) is 0 Å². The van der Waals surface area contributed by atoms with E-state index in [1.165, 1.54) is 38.5 Å². The second kappa shape index (κ2) is 10.0. The van der Waals surface area contributed by atoms with Gasteiger partial charge in [0.2, 0.25) is 0 Å². The van der Waals surface area contributed by atoms with Crippen LogP contribution in [-0.2, 0) is 13.1 Å². The van der Waals surface area contributed by atoms with Crippen molar-refractivity contribution in [1.29, 1.82) is 0 Å². The molecule has 0 atom stereocenters. The molecule has 8 nitrogen and oxygen atoms in total. The summed E-state index contributed by atoms with van der Waals surface area (Å²) < 4.78 is 7.44. The highest BCUT2D eigenvalue weighted by Gasteiger charge is 2.26. The minimum atomic E-state index is -0.0275. The standard InChI is InChI=1S/C25H34N6O2/c1-33-22-12-13-23-18(15-22)14-19(25(32)26-23)16-30(20-8-4-2-5-9-20)17-24-27-28-29-31(24)21-10-6-3-7-11-21/h12-15,20-21H,2-11,16-17H2,1H3,(H,26,32). The minimum absolute atomic E-state index is 0.0275. The van der Waals surface area contributed by atoms with E-state index in [2.05, 4.69) is 30.1 Å². The molecule has 5 rings (SSSR count). The number of hydrogen-bond donors (Lipinski definition) is 1. The molecule has 8 heteroatoms. The van der Waals surface area contributed by atoms with E-state index in [9.17, 15) is 4.79 Å². The molecule has 2 aliphatic carbocycles. The first-order valence-corrected chi connectivity index (χ1v) is 12.4. The van der Waals surface area contributed by atoms with E-state index in [1.54, 1.807) is 7.11 Å². The van der Waals surface area contributed by atoms with Gasteiger partial charge in [0.15, 0.2) is 5.82 Å². The first-order chi connectivity index (χ1) is 16.2. The van der Waals surface area contributed by atoms with Crippen LogP contribution in [0.5, 0.6) is 5.75 Å². The second-order valence-corrected chi connectivity index (χ2v) is 9.61. The van der Waals surface area contributed by atoms with Crippen molar-refractivity contribution in [3.05, 3.63) is 46.0 Å². The number of nitrogens with one attached hydrogen (secondary N) is 1. The molecule has 0 saturated heterocycles. The third kappa shape index (κ3) is 4.95. The van der Waals surface area contributed by atoms with Gasteiger partial charge in [0, 0.05) is 29.1 Å². The molecule has 176 valence electrons. The van der Waals surface area contributed by atoms with Crippen LogP contribution in [0.2, 0.25) is 0 Å². The van der Waals surface area contributed by atoms with Crippen molar-refractivity contribution in [3.8, 4) is 5.75 Å². The van der Waals surface area contributed by atoms with Gasteiger partial charge in [-0.25, -0.2) is 4.68 Å². The van der Waals surface area contributed by atoms with E-state index in [0.29, 0.717) is 25.2 Å². The summed E-state index contributed by atoms with van der Waals surface area (Å²) in [7, 11) is 1.66. The van der Waals surface area contributed by atoms with Crippen LogP contribution in [0, 0.1) is 0 Å². The average Bonchev–Trinajstić information content (AvgIpc) is 3.33. The number of aromatic nitrogens is 5. The normalized spacial score (nSPS) is 18.2. The van der Waals surface area contributed by atoms with Crippen LogP contribution in [0.1, 0.15) is 81.6 Å². The number of aromatic amines is 1. The van der Waals surface area contributed by atoms with Gasteiger partial charge in [-0.1, -0.05) is 38.5 Å². The van der Waals surface area contributed by atoms with Gasteiger partial charge in [-0.15, -0.1) is 5.10 Å². The molecule has 0 spiro atoms. The zero-order valence-corrected chi connectivity index (χ0v) is 19.5. The Kier molecular flexibility index (Phi) is 6.71. The van der Waals surface area contributed by atoms with Crippen molar-refractivity contribution < 1.29 is 4.74 Å². The average molecular weight is 451 g/mol. The van der Waals surface area contributed by atoms with Crippen LogP contribution in [0.4, 0.5) is 0 Å². The van der Waals surface area contributed by atoms with E-state index in [4.69, 9.17) is 4.74 Å². The van der Waals surface area contributed by atoms with Crippen molar-refractivity contribution in [2.45, 2.75) is 89.4 Å². The molecule has 3 aromatic rings. The maximum Gasteiger partial charge on any atom is 0.252 e. The van der Waals surface area contributed by atoms with Crippen molar-refractivity contribution in [2.75, 3.05) is 7.11 Å². The number of pyridine rings is 1. The molecule has 2 aromatic heterocycles. The molecule has 0 aliphatic heterocycles. The van der Waals surface area contributed by atoms with Crippen molar-refractivity contribution >= 4 is 10.9 Å². The summed E-state index contributed by atoms with van der Waals surface area (Å²) in [6.45, 7) is 1.26. The Bertz CT molecular complexity index is 1130. The molecule has 0 radical (unpaired) electrons. The third-order valence-corrected chi connectivity index (χ3v) is 7.42. The van der Waals surface area contributed by atoms with E-state index < -0.39 is 0 Å². The summed E-state index contributed by atoms with van der Waals surface area (Å²) in [6, 6.07) is 8.60. The topological polar surface area (TPSA) is 88.9 Å². The van der Waals surface area contributed by atoms with Crippen LogP contribution < -0.4 is 10.3 Å². The number of benzene rings is 1. The summed E-state index contributed by atoms with van der Waals surface area (Å²) >= 11 is 0. The second-order valence-electron chi connectivity index (χ2n) is 9.61. The van der Waals surface area contributed by atoms with Crippen molar-refractivity contribution in [2.24, 2.45) is 0 Å². The maximum absolute atomic E-state index is 13.0. The SMILES string of the molecule is COc1ccc2[nH]c(=O)c(CN(Cc3nnnn3C3CCCCC3)C3CCCCC3)cc2c1. The van der Waals surface area contributed by atoms with E-state index in [0.717, 1.165) is 53.7 Å². The van der Waals surface area contributed by atoms with E-state index in [1.807, 2.05) is 24.3 Å². The quantitative estimate of drug-likeness (QED) is 0.575. The molecule has 0 amide bonds. The Morgan fingerprint density at radius 2 is 1.79 bits per heavy atom. The van der Waals surface area contributed by atoms with Gasteiger partial charge < -0.3 is 9.72 Å². The van der Waals surface area contributed by atoms with Crippen LogP contribution in [0.3, 0.4) is 0 Å². The van der Waals surface area contributed by atoms with Crippen molar-refractivity contribution in [1.82, 2.24) is 30.1 Å². The maximum atomic E-state index is 13.0. The molecule has 2 fully saturated rings. The molecule has 1 aromatic carbocycles. The highest BCUT2D eigenvalue weighted by atomic mass is 16.5. The lowest BCUT2D eigenvalue weighted by Crippen LogP contribution is -2.38. The Labute approximate surface area is 194 Å². The summed E-state index contributed by atoms with van der Waals surface area (Å²) in [6.07, 6.45) is 12.2. The fourth-order valence-corrected chi connectivity index (χ4v) is 5.56. The Balaban J connectivity index is 1.43. The van der Waals surface area contributed by atoms with E-state index >= 15 is 0 Å². The van der Waals surface area contributed by atoms with Crippen LogP contribution in [0.15, 0.2) is 29.1 Å². The number of fused-ring (bicyclic) bond motifs is 1. The Hall–Kier alpha value is -2.74. The number of ether oxygens (including phenoxy) is 1. The zero-order valence-electron chi connectivity index (χ0n) is 19.5. The monoisotopic (exact) mass is 450 g/mol. The lowest BCUT2D eigenvalue weighted by atomic mass is 9.93. The molecule has 0 bridgehead atoms. The molecular formula is C25H34N6O2. The third-order valence-electron chi connectivity index (χ3n) is 7.42. The number of hydrogen-bond acceptors (Lipinski definition) is 6. The molecule has 1 N–H and O–H groups in total. The van der Waals surface area contributed by atoms with Gasteiger partial charge in [0.05, 0.1) is 19.7 Å². The Morgan fingerprint density at radius 3 is 2.55 bits per heavy atom.